The smallest absolute Gasteiger partial charge is 0.408 e. The van der Waals surface area contributed by atoms with E-state index >= 15 is 0 Å². The van der Waals surface area contributed by atoms with Crippen molar-refractivity contribution in [3.05, 3.63) is 138 Å². The van der Waals surface area contributed by atoms with Crippen LogP contribution in [0.5, 0.6) is 0 Å². The number of imidazole rings is 1. The van der Waals surface area contributed by atoms with Gasteiger partial charge in [0.15, 0.2) is 0 Å². The van der Waals surface area contributed by atoms with Crippen LogP contribution in [0.25, 0.3) is 10.8 Å². The Kier molecular flexibility index (Phi) is 14.7. The lowest BCUT2D eigenvalue weighted by atomic mass is 9.89. The average molecular weight is 787 g/mol. The van der Waals surface area contributed by atoms with E-state index in [9.17, 15) is 24.3 Å². The third-order valence-corrected chi connectivity index (χ3v) is 10.8. The summed E-state index contributed by atoms with van der Waals surface area (Å²) in [6.07, 6.45) is 3.22. The number of carbonyl (C=O) groups excluding carboxylic acids is 4. The maximum atomic E-state index is 14.3. The van der Waals surface area contributed by atoms with Gasteiger partial charge in [0.1, 0.15) is 18.7 Å². The number of aromatic amines is 1. The van der Waals surface area contributed by atoms with Crippen molar-refractivity contribution < 1.29 is 29.0 Å². The van der Waals surface area contributed by atoms with Crippen LogP contribution in [0.4, 0.5) is 4.79 Å². The summed E-state index contributed by atoms with van der Waals surface area (Å²) < 4.78 is 5.51. The summed E-state index contributed by atoms with van der Waals surface area (Å²) >= 11 is 0. The molecule has 0 saturated carbocycles. The molecule has 1 aliphatic rings. The molecule has 0 aliphatic carbocycles. The molecule has 1 aliphatic heterocycles. The largest absolute Gasteiger partial charge is 0.445 e. The number of aliphatic hydroxyl groups excluding tert-OH is 1. The second kappa shape index (κ2) is 20.4. The van der Waals surface area contributed by atoms with Crippen LogP contribution in [-0.4, -0.2) is 81.1 Å². The van der Waals surface area contributed by atoms with Gasteiger partial charge in [-0.15, -0.1) is 0 Å². The number of rotatable bonds is 17. The number of nitrogens with zero attached hydrogens (tertiary/aromatic N) is 2. The van der Waals surface area contributed by atoms with Crippen LogP contribution < -0.4 is 16.0 Å². The highest BCUT2D eigenvalue weighted by Crippen LogP contribution is 2.28. The Morgan fingerprint density at radius 2 is 1.47 bits per heavy atom. The van der Waals surface area contributed by atoms with Crippen molar-refractivity contribution in [1.29, 1.82) is 0 Å². The molecule has 12 heteroatoms. The van der Waals surface area contributed by atoms with Gasteiger partial charge in [0.2, 0.25) is 17.7 Å². The molecule has 58 heavy (non-hydrogen) atoms. The standard InChI is InChI=1S/C46H54N6O6/c1-31(2)24-39(42(53)27-43(54)52-22-20-34(21-23-52)33-14-7-4-8-15-33)49-45(56)41(26-37-28-47-30-48-37)50-44(55)40(51-46(57)58-29-32-12-5-3-6-13-32)25-36-18-11-17-35-16-9-10-19-38(35)36/h3-19,28,30-31,34,39-42,53H,20-27,29H2,1-2H3,(H,47,48)(H,49,56)(H,50,55)(H,51,57)/t39-,40-,41+,42-/m0/s1. The minimum Gasteiger partial charge on any atom is -0.445 e. The van der Waals surface area contributed by atoms with Gasteiger partial charge in [-0.2, -0.15) is 0 Å². The first-order valence-electron chi connectivity index (χ1n) is 20.2. The molecule has 0 unspecified atom stereocenters. The molecule has 5 N–H and O–H groups in total. The maximum Gasteiger partial charge on any atom is 0.408 e. The summed E-state index contributed by atoms with van der Waals surface area (Å²) in [4.78, 5) is 64.1. The third kappa shape index (κ3) is 11.8. The number of hydrogen-bond acceptors (Lipinski definition) is 7. The Labute approximate surface area is 339 Å². The van der Waals surface area contributed by atoms with Gasteiger partial charge >= 0.3 is 6.09 Å². The van der Waals surface area contributed by atoms with Crippen LogP contribution in [0.1, 0.15) is 67.8 Å². The fraction of sp³-hybridized carbons (Fsp3) is 0.370. The van der Waals surface area contributed by atoms with Gasteiger partial charge in [-0.3, -0.25) is 14.4 Å². The molecule has 6 rings (SSSR count). The van der Waals surface area contributed by atoms with Crippen LogP contribution in [-0.2, 0) is 38.6 Å². The fourth-order valence-corrected chi connectivity index (χ4v) is 7.65. The van der Waals surface area contributed by atoms with E-state index in [0.717, 1.165) is 34.7 Å². The van der Waals surface area contributed by atoms with Crippen molar-refractivity contribution in [3.8, 4) is 0 Å². The van der Waals surface area contributed by atoms with Gasteiger partial charge in [0.25, 0.3) is 0 Å². The molecule has 5 aromatic rings. The topological polar surface area (TPSA) is 166 Å². The molecule has 12 nitrogen and oxygen atoms in total. The number of carbonyl (C=O) groups is 4. The number of fused-ring (bicyclic) bond motifs is 1. The highest BCUT2D eigenvalue weighted by molar-refractivity contribution is 5.93. The zero-order chi connectivity index (χ0) is 40.9. The summed E-state index contributed by atoms with van der Waals surface area (Å²) in [5.74, 6) is -0.843. The van der Waals surface area contributed by atoms with E-state index in [-0.39, 0.29) is 37.7 Å². The molecule has 304 valence electrons. The maximum absolute atomic E-state index is 14.3. The fourth-order valence-electron chi connectivity index (χ4n) is 7.65. The number of H-pyrrole nitrogens is 1. The van der Waals surface area contributed by atoms with Crippen LogP contribution >= 0.6 is 0 Å². The predicted molar refractivity (Wildman–Crippen MR) is 222 cm³/mol. The highest BCUT2D eigenvalue weighted by atomic mass is 16.5. The summed E-state index contributed by atoms with van der Waals surface area (Å²) in [6.45, 7) is 5.16. The number of ether oxygens (including phenoxy) is 1. The molecule has 4 amide bonds. The van der Waals surface area contributed by atoms with E-state index in [2.05, 4.69) is 38.1 Å². The lowest BCUT2D eigenvalue weighted by Crippen LogP contribution is -2.57. The van der Waals surface area contributed by atoms with Gasteiger partial charge in [-0.05, 0) is 58.6 Å². The van der Waals surface area contributed by atoms with Gasteiger partial charge in [0.05, 0.1) is 24.9 Å². The first kappa shape index (κ1) is 41.6. The van der Waals surface area contributed by atoms with E-state index in [1.165, 1.54) is 11.9 Å². The van der Waals surface area contributed by atoms with E-state index in [4.69, 9.17) is 4.74 Å². The normalized spacial score (nSPS) is 15.3. The van der Waals surface area contributed by atoms with Gasteiger partial charge in [0, 0.05) is 37.8 Å². The van der Waals surface area contributed by atoms with E-state index in [0.29, 0.717) is 31.1 Å². The summed E-state index contributed by atoms with van der Waals surface area (Å²) in [5.41, 5.74) is 3.47. The third-order valence-electron chi connectivity index (χ3n) is 10.8. The second-order valence-corrected chi connectivity index (χ2v) is 15.5. The Hall–Kier alpha value is -6.01. The van der Waals surface area contributed by atoms with Crippen LogP contribution in [0.15, 0.2) is 116 Å². The molecule has 0 spiro atoms. The van der Waals surface area contributed by atoms with Crippen molar-refractivity contribution in [1.82, 2.24) is 30.8 Å². The van der Waals surface area contributed by atoms with E-state index < -0.39 is 42.1 Å². The first-order chi connectivity index (χ1) is 28.1. The zero-order valence-electron chi connectivity index (χ0n) is 33.2. The molecule has 1 saturated heterocycles. The number of likely N-dealkylation sites (tertiary alicyclic amines) is 1. The second-order valence-electron chi connectivity index (χ2n) is 15.5. The number of benzene rings is 4. The number of alkyl carbamates (subject to hydrolysis) is 1. The highest BCUT2D eigenvalue weighted by Gasteiger charge is 2.33. The molecular weight excluding hydrogens is 733 g/mol. The number of aromatic nitrogens is 2. The van der Waals surface area contributed by atoms with Crippen LogP contribution in [0.3, 0.4) is 0 Å². The molecular formula is C46H54N6O6. The van der Waals surface area contributed by atoms with Gasteiger partial charge in [-0.1, -0.05) is 117 Å². The Morgan fingerprint density at radius 3 is 2.17 bits per heavy atom. The molecule has 0 radical (unpaired) electrons. The molecule has 1 aromatic heterocycles. The Morgan fingerprint density at radius 1 is 0.810 bits per heavy atom. The number of nitrogens with one attached hydrogen (secondary N) is 4. The molecule has 1 fully saturated rings. The predicted octanol–water partition coefficient (Wildman–Crippen LogP) is 5.82. The quantitative estimate of drug-likeness (QED) is 0.0793. The molecule has 2 heterocycles. The van der Waals surface area contributed by atoms with Gasteiger partial charge in [-0.25, -0.2) is 9.78 Å². The van der Waals surface area contributed by atoms with Crippen molar-refractivity contribution >= 4 is 34.6 Å². The number of aliphatic hydroxyl groups is 1. The SMILES string of the molecule is CC(C)C[C@H](NC(=O)[C@@H](Cc1cnc[nH]1)NC(=O)[C@H](Cc1cccc2ccccc12)NC(=O)OCc1ccccc1)[C@@H](O)CC(=O)N1CCC(c2ccccc2)CC1. The summed E-state index contributed by atoms with van der Waals surface area (Å²) in [7, 11) is 0. The Balaban J connectivity index is 1.16. The molecule has 0 bridgehead atoms. The minimum absolute atomic E-state index is 0.00811. The van der Waals surface area contributed by atoms with E-state index in [1.807, 2.05) is 105 Å². The summed E-state index contributed by atoms with van der Waals surface area (Å²) in [5, 5.41) is 22.0. The number of piperidine rings is 1. The molecule has 4 aromatic carbocycles. The average Bonchev–Trinajstić information content (AvgIpc) is 3.76. The monoisotopic (exact) mass is 786 g/mol. The minimum atomic E-state index is -1.16. The van der Waals surface area contributed by atoms with Crippen molar-refractivity contribution in [2.75, 3.05) is 13.1 Å². The zero-order valence-corrected chi connectivity index (χ0v) is 33.2. The lowest BCUT2D eigenvalue weighted by Gasteiger charge is -2.34. The molecule has 4 atom stereocenters. The van der Waals surface area contributed by atoms with Crippen LogP contribution in [0, 0.1) is 5.92 Å². The number of amides is 4. The van der Waals surface area contributed by atoms with Gasteiger partial charge < -0.3 is 35.7 Å². The Bertz CT molecular complexity index is 2080. The number of hydrogen-bond donors (Lipinski definition) is 5. The van der Waals surface area contributed by atoms with Crippen molar-refractivity contribution in [2.45, 2.75) is 89.1 Å². The first-order valence-corrected chi connectivity index (χ1v) is 20.2. The van der Waals surface area contributed by atoms with E-state index in [1.54, 1.807) is 11.1 Å². The van der Waals surface area contributed by atoms with Crippen molar-refractivity contribution in [2.24, 2.45) is 5.92 Å². The summed E-state index contributed by atoms with van der Waals surface area (Å²) in [6, 6.07) is 30.1. The lowest BCUT2D eigenvalue weighted by molar-refractivity contribution is -0.136. The van der Waals surface area contributed by atoms with Crippen LogP contribution in [0.2, 0.25) is 0 Å². The van der Waals surface area contributed by atoms with Crippen molar-refractivity contribution in [3.63, 3.8) is 0 Å².